The molecule has 12 heavy (non-hydrogen) atoms. The molecule has 0 aliphatic carbocycles. The van der Waals surface area contributed by atoms with Crippen molar-refractivity contribution < 1.29 is 31.9 Å². The van der Waals surface area contributed by atoms with Crippen LogP contribution < -0.4 is 0 Å². The molecule has 0 heterocycles. The molecular weight excluding hydrogens is 187 g/mol. The molecule has 3 unspecified atom stereocenters. The van der Waals surface area contributed by atoms with E-state index >= 15 is 0 Å². The fourth-order valence-electron chi connectivity index (χ4n) is 0.437. The Morgan fingerprint density at radius 2 is 1.42 bits per heavy atom. The molecule has 0 radical (unpaired) electrons. The van der Waals surface area contributed by atoms with Crippen molar-refractivity contribution in [1.82, 2.24) is 0 Å². The molecular formula is C5H5F5O2. The third-order valence-electron chi connectivity index (χ3n) is 1.06. The van der Waals surface area contributed by atoms with Crippen LogP contribution in [0.25, 0.3) is 0 Å². The summed E-state index contributed by atoms with van der Waals surface area (Å²) in [6.07, 6.45) is -13.7. The van der Waals surface area contributed by atoms with Crippen LogP contribution in [0.3, 0.4) is 0 Å². The number of rotatable bonds is 4. The molecule has 72 valence electrons. The second-order valence-corrected chi connectivity index (χ2v) is 1.96. The Hall–Kier alpha value is -0.880. The maximum Gasteiger partial charge on any atom is 0.341 e. The average Bonchev–Trinajstić information content (AvgIpc) is 2.00. The molecule has 0 bridgehead atoms. The third-order valence-corrected chi connectivity index (χ3v) is 1.06. The number of carboxylic acids is 1. The Kier molecular flexibility index (Phi) is 3.91. The first-order valence-corrected chi connectivity index (χ1v) is 2.81. The van der Waals surface area contributed by atoms with Crippen molar-refractivity contribution in [1.29, 1.82) is 0 Å². The largest absolute Gasteiger partial charge is 0.479 e. The van der Waals surface area contributed by atoms with Gasteiger partial charge in [0.15, 0.2) is 12.3 Å². The van der Waals surface area contributed by atoms with Crippen molar-refractivity contribution in [3.63, 3.8) is 0 Å². The maximum atomic E-state index is 12.1. The van der Waals surface area contributed by atoms with Crippen LogP contribution >= 0.6 is 0 Å². The number of aliphatic carboxylic acids is 1. The van der Waals surface area contributed by atoms with E-state index in [9.17, 15) is 26.7 Å². The standard InChI is InChI=1S/C5H5F5O2/c6-1(2(7)4(9)10)3(8)5(11)12/h1-4H,(H,11,12). The van der Waals surface area contributed by atoms with Crippen LogP contribution in [0, 0.1) is 0 Å². The number of hydrogen-bond donors (Lipinski definition) is 1. The van der Waals surface area contributed by atoms with Gasteiger partial charge in [0.25, 0.3) is 6.43 Å². The summed E-state index contributed by atoms with van der Waals surface area (Å²) in [6.45, 7) is 0. The van der Waals surface area contributed by atoms with E-state index in [4.69, 9.17) is 5.11 Å². The molecule has 0 aromatic carbocycles. The lowest BCUT2D eigenvalue weighted by molar-refractivity contribution is -0.148. The number of alkyl halides is 5. The Bertz CT molecular complexity index is 162. The van der Waals surface area contributed by atoms with Gasteiger partial charge in [-0.15, -0.1) is 0 Å². The SMILES string of the molecule is O=C(O)C(F)C(F)C(F)C(F)F. The van der Waals surface area contributed by atoms with Gasteiger partial charge in [0.05, 0.1) is 0 Å². The molecule has 0 amide bonds. The van der Waals surface area contributed by atoms with Gasteiger partial charge in [-0.25, -0.2) is 26.7 Å². The van der Waals surface area contributed by atoms with Gasteiger partial charge in [-0.05, 0) is 0 Å². The predicted molar refractivity (Wildman–Crippen MR) is 28.3 cm³/mol. The van der Waals surface area contributed by atoms with Crippen LogP contribution in [0.4, 0.5) is 22.0 Å². The first-order chi connectivity index (χ1) is 5.37. The molecule has 0 aromatic heterocycles. The van der Waals surface area contributed by atoms with Gasteiger partial charge in [-0.2, -0.15) is 0 Å². The highest BCUT2D eigenvalue weighted by Gasteiger charge is 2.40. The summed E-state index contributed by atoms with van der Waals surface area (Å²) in [7, 11) is 0. The lowest BCUT2D eigenvalue weighted by Gasteiger charge is -2.13. The van der Waals surface area contributed by atoms with Crippen LogP contribution in [-0.4, -0.2) is 36.0 Å². The minimum absolute atomic E-state index is 2.30. The first-order valence-electron chi connectivity index (χ1n) is 2.81. The average molecular weight is 192 g/mol. The zero-order valence-electron chi connectivity index (χ0n) is 5.55. The molecule has 0 aliphatic rings. The fourth-order valence-corrected chi connectivity index (χ4v) is 0.437. The number of carbonyl (C=O) groups is 1. The van der Waals surface area contributed by atoms with E-state index in [1.54, 1.807) is 0 Å². The van der Waals surface area contributed by atoms with Gasteiger partial charge in [0, 0.05) is 0 Å². The van der Waals surface area contributed by atoms with Crippen molar-refractivity contribution in [2.24, 2.45) is 0 Å². The molecule has 0 fully saturated rings. The Morgan fingerprint density at radius 3 is 1.67 bits per heavy atom. The zero-order valence-corrected chi connectivity index (χ0v) is 5.55. The number of hydrogen-bond acceptors (Lipinski definition) is 1. The van der Waals surface area contributed by atoms with E-state index in [1.165, 1.54) is 0 Å². The Morgan fingerprint density at radius 1 is 1.00 bits per heavy atom. The van der Waals surface area contributed by atoms with Gasteiger partial charge in [0.1, 0.15) is 0 Å². The molecule has 7 heteroatoms. The monoisotopic (exact) mass is 192 g/mol. The minimum Gasteiger partial charge on any atom is -0.479 e. The van der Waals surface area contributed by atoms with E-state index in [-0.39, 0.29) is 0 Å². The molecule has 0 spiro atoms. The lowest BCUT2D eigenvalue weighted by Crippen LogP contribution is -2.37. The molecule has 1 N–H and O–H groups in total. The van der Waals surface area contributed by atoms with Gasteiger partial charge >= 0.3 is 5.97 Å². The minimum atomic E-state index is -3.72. The van der Waals surface area contributed by atoms with Gasteiger partial charge in [0.2, 0.25) is 6.17 Å². The van der Waals surface area contributed by atoms with Gasteiger partial charge in [-0.1, -0.05) is 0 Å². The smallest absolute Gasteiger partial charge is 0.341 e. The summed E-state index contributed by atoms with van der Waals surface area (Å²) >= 11 is 0. The molecule has 0 aliphatic heterocycles. The summed E-state index contributed by atoms with van der Waals surface area (Å²) in [5, 5.41) is 7.76. The summed E-state index contributed by atoms with van der Waals surface area (Å²) in [5.74, 6) is -2.30. The van der Waals surface area contributed by atoms with Crippen LogP contribution in [0.15, 0.2) is 0 Å². The molecule has 2 nitrogen and oxygen atoms in total. The molecule has 0 saturated carbocycles. The van der Waals surface area contributed by atoms with Crippen molar-refractivity contribution in [2.45, 2.75) is 24.9 Å². The second-order valence-electron chi connectivity index (χ2n) is 1.96. The van der Waals surface area contributed by atoms with E-state index in [2.05, 4.69) is 0 Å². The topological polar surface area (TPSA) is 37.3 Å². The van der Waals surface area contributed by atoms with Crippen molar-refractivity contribution >= 4 is 5.97 Å². The number of carboxylic acid groups (broad SMARTS) is 1. The second kappa shape index (κ2) is 4.22. The highest BCUT2D eigenvalue weighted by molar-refractivity contribution is 5.73. The molecule has 0 rings (SSSR count). The van der Waals surface area contributed by atoms with Crippen LogP contribution in [0.2, 0.25) is 0 Å². The summed E-state index contributed by atoms with van der Waals surface area (Å²) in [6, 6.07) is 0. The van der Waals surface area contributed by atoms with Crippen LogP contribution in [0.5, 0.6) is 0 Å². The molecule has 0 aromatic rings. The molecule has 0 saturated heterocycles. The first kappa shape index (κ1) is 11.1. The lowest BCUT2D eigenvalue weighted by atomic mass is 10.1. The quantitative estimate of drug-likeness (QED) is 0.682. The van der Waals surface area contributed by atoms with Crippen LogP contribution in [-0.2, 0) is 4.79 Å². The van der Waals surface area contributed by atoms with Crippen LogP contribution in [0.1, 0.15) is 0 Å². The Labute approximate surface area is 64.0 Å². The van der Waals surface area contributed by atoms with E-state index in [1.807, 2.05) is 0 Å². The highest BCUT2D eigenvalue weighted by atomic mass is 19.3. The van der Waals surface area contributed by atoms with Crippen molar-refractivity contribution in [2.75, 3.05) is 0 Å². The van der Waals surface area contributed by atoms with E-state index < -0.39 is 30.9 Å². The maximum absolute atomic E-state index is 12.1. The predicted octanol–water partition coefficient (Wildman–Crippen LogP) is 1.35. The number of halogens is 5. The fraction of sp³-hybridized carbons (Fsp3) is 0.800. The third kappa shape index (κ3) is 2.63. The summed E-state index contributed by atoms with van der Waals surface area (Å²) in [5.41, 5.74) is 0. The van der Waals surface area contributed by atoms with E-state index in [0.717, 1.165) is 0 Å². The van der Waals surface area contributed by atoms with Gasteiger partial charge < -0.3 is 5.11 Å². The van der Waals surface area contributed by atoms with Gasteiger partial charge in [-0.3, -0.25) is 0 Å². The zero-order chi connectivity index (χ0) is 9.89. The van der Waals surface area contributed by atoms with Crippen molar-refractivity contribution in [3.05, 3.63) is 0 Å². The highest BCUT2D eigenvalue weighted by Crippen LogP contribution is 2.18. The van der Waals surface area contributed by atoms with Crippen molar-refractivity contribution in [3.8, 4) is 0 Å². The summed E-state index contributed by atoms with van der Waals surface area (Å²) < 4.78 is 58.6. The normalized spacial score (nSPS) is 18.8. The summed E-state index contributed by atoms with van der Waals surface area (Å²) in [4.78, 5) is 9.64. The molecule has 3 atom stereocenters. The Balaban J connectivity index is 4.18. The van der Waals surface area contributed by atoms with E-state index in [0.29, 0.717) is 0 Å².